The molecule has 4 nitrogen and oxygen atoms in total. The van der Waals surface area contributed by atoms with Crippen LogP contribution in [-0.2, 0) is 13.5 Å². The molecule has 1 heterocycles. The van der Waals surface area contributed by atoms with E-state index in [0.29, 0.717) is 28.6 Å². The number of phenols is 1. The molecule has 1 aromatic heterocycles. The Hall–Kier alpha value is -2.17. The normalized spacial score (nSPS) is 11.0. The Labute approximate surface area is 149 Å². The van der Waals surface area contributed by atoms with E-state index in [2.05, 4.69) is 5.32 Å². The molecule has 0 aliphatic rings. The van der Waals surface area contributed by atoms with Crippen molar-refractivity contribution in [3.8, 4) is 5.75 Å². The van der Waals surface area contributed by atoms with Crippen LogP contribution in [0, 0.1) is 0 Å². The zero-order chi connectivity index (χ0) is 17.3. The monoisotopic (exact) mass is 362 g/mol. The highest BCUT2D eigenvalue weighted by Gasteiger charge is 2.12. The van der Waals surface area contributed by atoms with Crippen molar-refractivity contribution in [2.45, 2.75) is 6.42 Å². The molecule has 0 spiro atoms. The van der Waals surface area contributed by atoms with Crippen molar-refractivity contribution in [2.24, 2.45) is 7.05 Å². The Morgan fingerprint density at radius 1 is 1.21 bits per heavy atom. The van der Waals surface area contributed by atoms with Gasteiger partial charge in [-0.15, -0.1) is 0 Å². The summed E-state index contributed by atoms with van der Waals surface area (Å²) in [6.45, 7) is 0.455. The van der Waals surface area contributed by atoms with Crippen molar-refractivity contribution in [2.75, 3.05) is 6.54 Å². The van der Waals surface area contributed by atoms with E-state index in [1.54, 1.807) is 30.3 Å². The molecule has 24 heavy (non-hydrogen) atoms. The number of phenolic OH excluding ortho intramolecular Hbond substituents is 1. The standard InChI is InChI=1S/C18H16Cl2N2O2/c1-22-10-11(14-9-13(23)3-5-17(14)22)6-7-21-18(24)15-8-12(19)2-4-16(15)20/h2-5,8-10,23H,6-7H2,1H3,(H,21,24). The highest BCUT2D eigenvalue weighted by molar-refractivity contribution is 6.35. The molecule has 0 unspecified atom stereocenters. The number of rotatable bonds is 4. The minimum atomic E-state index is -0.259. The van der Waals surface area contributed by atoms with Crippen molar-refractivity contribution < 1.29 is 9.90 Å². The second kappa shape index (κ2) is 6.75. The predicted octanol–water partition coefficient (Wildman–Crippen LogP) is 4.16. The molecule has 2 aromatic carbocycles. The van der Waals surface area contributed by atoms with Crippen LogP contribution in [0.3, 0.4) is 0 Å². The Kier molecular flexibility index (Phi) is 4.69. The molecule has 0 saturated heterocycles. The maximum absolute atomic E-state index is 12.2. The van der Waals surface area contributed by atoms with E-state index in [1.807, 2.05) is 23.9 Å². The van der Waals surface area contributed by atoms with Gasteiger partial charge in [-0.3, -0.25) is 4.79 Å². The summed E-state index contributed by atoms with van der Waals surface area (Å²) >= 11 is 11.9. The van der Waals surface area contributed by atoms with Crippen LogP contribution in [0.5, 0.6) is 5.75 Å². The summed E-state index contributed by atoms with van der Waals surface area (Å²) in [6.07, 6.45) is 2.65. The zero-order valence-corrected chi connectivity index (χ0v) is 14.5. The predicted molar refractivity (Wildman–Crippen MR) is 97.1 cm³/mol. The number of aromatic hydroxyl groups is 1. The van der Waals surface area contributed by atoms with Crippen LogP contribution in [0.1, 0.15) is 15.9 Å². The van der Waals surface area contributed by atoms with Gasteiger partial charge in [-0.1, -0.05) is 23.2 Å². The smallest absolute Gasteiger partial charge is 0.252 e. The van der Waals surface area contributed by atoms with Gasteiger partial charge in [-0.05, 0) is 48.4 Å². The minimum absolute atomic E-state index is 0.227. The van der Waals surface area contributed by atoms with Gasteiger partial charge in [0.2, 0.25) is 0 Å². The van der Waals surface area contributed by atoms with Crippen LogP contribution >= 0.6 is 23.2 Å². The van der Waals surface area contributed by atoms with Gasteiger partial charge in [0.15, 0.2) is 0 Å². The minimum Gasteiger partial charge on any atom is -0.508 e. The second-order valence-electron chi connectivity index (χ2n) is 5.60. The average Bonchev–Trinajstić information content (AvgIpc) is 2.85. The molecule has 0 fully saturated rings. The van der Waals surface area contributed by atoms with Crippen LogP contribution in [-0.4, -0.2) is 22.1 Å². The summed E-state index contributed by atoms with van der Waals surface area (Å²) in [6, 6.07) is 10.1. The Balaban J connectivity index is 1.72. The molecule has 3 rings (SSSR count). The number of aromatic nitrogens is 1. The quantitative estimate of drug-likeness (QED) is 0.731. The van der Waals surface area contributed by atoms with Gasteiger partial charge in [-0.25, -0.2) is 0 Å². The van der Waals surface area contributed by atoms with Crippen molar-refractivity contribution in [1.29, 1.82) is 0 Å². The van der Waals surface area contributed by atoms with Crippen molar-refractivity contribution in [1.82, 2.24) is 9.88 Å². The largest absolute Gasteiger partial charge is 0.508 e. The van der Waals surface area contributed by atoms with E-state index in [9.17, 15) is 9.90 Å². The van der Waals surface area contributed by atoms with Crippen molar-refractivity contribution in [3.63, 3.8) is 0 Å². The number of carbonyl (C=O) groups excluding carboxylic acids is 1. The number of nitrogens with one attached hydrogen (secondary N) is 1. The SMILES string of the molecule is Cn1cc(CCNC(=O)c2cc(Cl)ccc2Cl)c2cc(O)ccc21. The fourth-order valence-corrected chi connectivity index (χ4v) is 3.11. The molecular weight excluding hydrogens is 347 g/mol. The van der Waals surface area contributed by atoms with E-state index in [4.69, 9.17) is 23.2 Å². The number of benzene rings is 2. The molecule has 0 aliphatic carbocycles. The second-order valence-corrected chi connectivity index (χ2v) is 6.44. The van der Waals surface area contributed by atoms with Crippen LogP contribution in [0.2, 0.25) is 10.0 Å². The van der Waals surface area contributed by atoms with E-state index < -0.39 is 0 Å². The third-order valence-corrected chi connectivity index (χ3v) is 4.47. The van der Waals surface area contributed by atoms with Gasteiger partial charge in [0, 0.05) is 35.7 Å². The Morgan fingerprint density at radius 2 is 2.00 bits per heavy atom. The Bertz CT molecular complexity index is 919. The van der Waals surface area contributed by atoms with Crippen LogP contribution in [0.15, 0.2) is 42.6 Å². The lowest BCUT2D eigenvalue weighted by Crippen LogP contribution is -2.25. The summed E-state index contributed by atoms with van der Waals surface area (Å²) in [4.78, 5) is 12.2. The molecule has 6 heteroatoms. The summed E-state index contributed by atoms with van der Waals surface area (Å²) in [5, 5.41) is 14.3. The highest BCUT2D eigenvalue weighted by atomic mass is 35.5. The maximum atomic E-state index is 12.2. The topological polar surface area (TPSA) is 54.3 Å². The van der Waals surface area contributed by atoms with E-state index in [-0.39, 0.29) is 11.7 Å². The number of aryl methyl sites for hydroxylation is 1. The summed E-state index contributed by atoms with van der Waals surface area (Å²) in [7, 11) is 1.95. The summed E-state index contributed by atoms with van der Waals surface area (Å²) < 4.78 is 2.00. The fourth-order valence-electron chi connectivity index (χ4n) is 2.74. The number of amides is 1. The third-order valence-electron chi connectivity index (χ3n) is 3.91. The lowest BCUT2D eigenvalue weighted by atomic mass is 10.1. The van der Waals surface area contributed by atoms with Crippen molar-refractivity contribution >= 4 is 40.0 Å². The number of nitrogens with zero attached hydrogens (tertiary/aromatic N) is 1. The third kappa shape index (κ3) is 3.35. The maximum Gasteiger partial charge on any atom is 0.252 e. The van der Waals surface area contributed by atoms with Gasteiger partial charge >= 0.3 is 0 Å². The average molecular weight is 363 g/mol. The first-order valence-electron chi connectivity index (χ1n) is 7.46. The van der Waals surface area contributed by atoms with Crippen molar-refractivity contribution in [3.05, 3.63) is 63.8 Å². The number of carbonyl (C=O) groups is 1. The molecule has 2 N–H and O–H groups in total. The molecule has 3 aromatic rings. The first-order chi connectivity index (χ1) is 11.5. The van der Waals surface area contributed by atoms with Gasteiger partial charge in [0.05, 0.1) is 10.6 Å². The molecule has 124 valence electrons. The molecule has 1 amide bonds. The lowest BCUT2D eigenvalue weighted by Gasteiger charge is -2.07. The molecule has 0 radical (unpaired) electrons. The summed E-state index contributed by atoms with van der Waals surface area (Å²) in [5.74, 6) is -0.0321. The number of halogens is 2. The molecule has 0 saturated carbocycles. The van der Waals surface area contributed by atoms with Gasteiger partial charge in [0.25, 0.3) is 5.91 Å². The van der Waals surface area contributed by atoms with Gasteiger partial charge in [-0.2, -0.15) is 0 Å². The van der Waals surface area contributed by atoms with E-state index in [1.165, 1.54) is 0 Å². The van der Waals surface area contributed by atoms with Gasteiger partial charge in [0.1, 0.15) is 5.75 Å². The van der Waals surface area contributed by atoms with Crippen LogP contribution < -0.4 is 5.32 Å². The number of hydrogen-bond acceptors (Lipinski definition) is 2. The van der Waals surface area contributed by atoms with E-state index in [0.717, 1.165) is 16.5 Å². The molecule has 0 aliphatic heterocycles. The number of fused-ring (bicyclic) bond motifs is 1. The first-order valence-corrected chi connectivity index (χ1v) is 8.21. The lowest BCUT2D eigenvalue weighted by molar-refractivity contribution is 0.0954. The molecule has 0 atom stereocenters. The van der Waals surface area contributed by atoms with E-state index >= 15 is 0 Å². The fraction of sp³-hybridized carbons (Fsp3) is 0.167. The zero-order valence-electron chi connectivity index (χ0n) is 13.0. The number of hydrogen-bond donors (Lipinski definition) is 2. The summed E-state index contributed by atoms with van der Waals surface area (Å²) in [5.41, 5.74) is 2.45. The molecular formula is C18H16Cl2N2O2. The van der Waals surface area contributed by atoms with Crippen LogP contribution in [0.25, 0.3) is 10.9 Å². The van der Waals surface area contributed by atoms with Crippen LogP contribution in [0.4, 0.5) is 0 Å². The first kappa shape index (κ1) is 16.7. The molecule has 0 bridgehead atoms. The van der Waals surface area contributed by atoms with Gasteiger partial charge < -0.3 is 15.0 Å². The highest BCUT2D eigenvalue weighted by Crippen LogP contribution is 2.25. The Morgan fingerprint density at radius 3 is 2.79 bits per heavy atom.